The van der Waals surface area contributed by atoms with Crippen molar-refractivity contribution in [2.75, 3.05) is 18.5 Å². The zero-order valence-corrected chi connectivity index (χ0v) is 12.3. The Morgan fingerprint density at radius 2 is 1.89 bits per heavy atom. The summed E-state index contributed by atoms with van der Waals surface area (Å²) >= 11 is 0. The monoisotopic (exact) mass is 263 g/mol. The molecule has 1 aromatic rings. The summed E-state index contributed by atoms with van der Waals surface area (Å²) in [5.41, 5.74) is 7.93. The lowest BCUT2D eigenvalue weighted by atomic mass is 9.88. The number of rotatable bonds is 6. The minimum absolute atomic E-state index is 0.280. The number of nitrogens with zero attached hydrogens (tertiary/aromatic N) is 2. The van der Waals surface area contributed by atoms with Gasteiger partial charge >= 0.3 is 0 Å². The van der Waals surface area contributed by atoms with E-state index in [1.807, 2.05) is 13.8 Å². The van der Waals surface area contributed by atoms with Crippen LogP contribution in [0.15, 0.2) is 29.4 Å². The van der Waals surface area contributed by atoms with Crippen LogP contribution in [-0.4, -0.2) is 24.6 Å². The molecule has 0 heterocycles. The topological polar surface area (TPSA) is 61.8 Å². The molecule has 0 saturated carbocycles. The molecule has 0 bridgehead atoms. The second-order valence-electron chi connectivity index (χ2n) is 5.56. The fourth-order valence-corrected chi connectivity index (χ4v) is 1.83. The van der Waals surface area contributed by atoms with Gasteiger partial charge in [-0.05, 0) is 30.5 Å². The van der Waals surface area contributed by atoms with Crippen molar-refractivity contribution in [3.05, 3.63) is 29.8 Å². The van der Waals surface area contributed by atoms with Crippen LogP contribution in [0.25, 0.3) is 0 Å². The Hall–Kier alpha value is -1.71. The lowest BCUT2D eigenvalue weighted by molar-refractivity contribution is 0.306. The molecule has 0 fully saturated rings. The predicted molar refractivity (Wildman–Crippen MR) is 80.9 cm³/mol. The summed E-state index contributed by atoms with van der Waals surface area (Å²) in [7, 11) is 2.06. The molecule has 0 saturated heterocycles. The van der Waals surface area contributed by atoms with E-state index < -0.39 is 0 Å². The van der Waals surface area contributed by atoms with E-state index in [1.165, 1.54) is 11.3 Å². The van der Waals surface area contributed by atoms with Gasteiger partial charge in [0.25, 0.3) is 0 Å². The molecule has 0 aliphatic rings. The molecule has 19 heavy (non-hydrogen) atoms. The van der Waals surface area contributed by atoms with E-state index >= 15 is 0 Å². The molecule has 0 aliphatic carbocycles. The van der Waals surface area contributed by atoms with Gasteiger partial charge in [0.1, 0.15) is 5.84 Å². The maximum atomic E-state index is 8.76. The van der Waals surface area contributed by atoms with Crippen molar-refractivity contribution < 1.29 is 5.21 Å². The summed E-state index contributed by atoms with van der Waals surface area (Å²) in [4.78, 5) is 2.19. The summed E-state index contributed by atoms with van der Waals surface area (Å²) in [5.74, 6) is 0.280. The highest BCUT2D eigenvalue weighted by molar-refractivity contribution is 5.85. The quantitative estimate of drug-likeness (QED) is 0.359. The van der Waals surface area contributed by atoms with Gasteiger partial charge in [-0.15, -0.1) is 0 Å². The first-order valence-electron chi connectivity index (χ1n) is 6.68. The number of hydrogen-bond donors (Lipinski definition) is 2. The molecular formula is C15H25N3O. The third-order valence-corrected chi connectivity index (χ3v) is 3.66. The number of oxime groups is 1. The number of benzene rings is 1. The zero-order valence-electron chi connectivity index (χ0n) is 12.3. The lowest BCUT2D eigenvalue weighted by Gasteiger charge is -2.27. The van der Waals surface area contributed by atoms with Crippen molar-refractivity contribution in [2.45, 2.75) is 33.6 Å². The van der Waals surface area contributed by atoms with Crippen LogP contribution in [0.4, 0.5) is 5.69 Å². The summed E-state index contributed by atoms with van der Waals surface area (Å²) < 4.78 is 0. The van der Waals surface area contributed by atoms with Gasteiger partial charge in [-0.1, -0.05) is 38.1 Å². The number of hydrogen-bond acceptors (Lipinski definition) is 3. The molecular weight excluding hydrogens is 238 g/mol. The van der Waals surface area contributed by atoms with Crippen molar-refractivity contribution in [3.63, 3.8) is 0 Å². The molecule has 3 N–H and O–H groups in total. The summed E-state index contributed by atoms with van der Waals surface area (Å²) in [6.45, 7) is 6.97. The Morgan fingerprint density at radius 1 is 1.32 bits per heavy atom. The molecule has 4 heteroatoms. The summed E-state index contributed by atoms with van der Waals surface area (Å²) in [5, 5.41) is 11.9. The van der Waals surface area contributed by atoms with Gasteiger partial charge in [0.05, 0.1) is 0 Å². The maximum Gasteiger partial charge on any atom is 0.144 e. The predicted octanol–water partition coefficient (Wildman–Crippen LogP) is 2.85. The highest BCUT2D eigenvalue weighted by Crippen LogP contribution is 2.22. The van der Waals surface area contributed by atoms with E-state index in [9.17, 15) is 0 Å². The maximum absolute atomic E-state index is 8.76. The molecule has 0 radical (unpaired) electrons. The first-order chi connectivity index (χ1) is 8.90. The molecule has 0 spiro atoms. The Balaban J connectivity index is 2.62. The van der Waals surface area contributed by atoms with Gasteiger partial charge in [0.2, 0.25) is 0 Å². The second-order valence-corrected chi connectivity index (χ2v) is 5.56. The van der Waals surface area contributed by atoms with Crippen LogP contribution in [0.3, 0.4) is 0 Å². The van der Waals surface area contributed by atoms with Crippen LogP contribution in [0, 0.1) is 5.41 Å². The number of nitrogens with two attached hydrogens (primary N) is 1. The van der Waals surface area contributed by atoms with Crippen LogP contribution < -0.4 is 10.6 Å². The van der Waals surface area contributed by atoms with Gasteiger partial charge in [-0.2, -0.15) is 0 Å². The Labute approximate surface area is 115 Å². The smallest absolute Gasteiger partial charge is 0.144 e. The molecule has 0 amide bonds. The van der Waals surface area contributed by atoms with E-state index in [4.69, 9.17) is 10.9 Å². The average Bonchev–Trinajstić information content (AvgIpc) is 2.43. The van der Waals surface area contributed by atoms with Crippen LogP contribution >= 0.6 is 0 Å². The largest absolute Gasteiger partial charge is 0.409 e. The van der Waals surface area contributed by atoms with E-state index in [-0.39, 0.29) is 11.3 Å². The molecule has 4 nitrogen and oxygen atoms in total. The first-order valence-corrected chi connectivity index (χ1v) is 6.68. The van der Waals surface area contributed by atoms with E-state index in [0.717, 1.165) is 19.4 Å². The number of amidine groups is 1. The van der Waals surface area contributed by atoms with Crippen LogP contribution in [0.2, 0.25) is 0 Å². The lowest BCUT2D eigenvalue weighted by Crippen LogP contribution is -2.35. The normalized spacial score (nSPS) is 12.5. The molecule has 0 atom stereocenters. The van der Waals surface area contributed by atoms with Gasteiger partial charge in [0, 0.05) is 24.7 Å². The van der Waals surface area contributed by atoms with Crippen LogP contribution in [0.5, 0.6) is 0 Å². The van der Waals surface area contributed by atoms with Crippen LogP contribution in [-0.2, 0) is 6.42 Å². The summed E-state index contributed by atoms with van der Waals surface area (Å²) in [6.07, 6.45) is 1.88. The van der Waals surface area contributed by atoms with Gasteiger partial charge in [-0.3, -0.25) is 0 Å². The second kappa shape index (κ2) is 6.45. The molecule has 1 aromatic carbocycles. The third kappa shape index (κ3) is 4.16. The van der Waals surface area contributed by atoms with E-state index in [1.54, 1.807) is 0 Å². The Kier molecular flexibility index (Phi) is 5.21. The van der Waals surface area contributed by atoms with E-state index in [0.29, 0.717) is 0 Å². The van der Waals surface area contributed by atoms with Crippen molar-refractivity contribution >= 4 is 11.5 Å². The minimum atomic E-state index is -0.299. The highest BCUT2D eigenvalue weighted by Gasteiger charge is 2.23. The van der Waals surface area contributed by atoms with Crippen molar-refractivity contribution in [2.24, 2.45) is 16.3 Å². The SMILES string of the molecule is CCc1ccc(N(C)CCC(C)(C)C(N)=NO)cc1. The Morgan fingerprint density at radius 3 is 2.37 bits per heavy atom. The molecule has 1 rings (SSSR count). The van der Waals surface area contributed by atoms with Crippen molar-refractivity contribution in [1.82, 2.24) is 0 Å². The zero-order chi connectivity index (χ0) is 14.5. The van der Waals surface area contributed by atoms with Crippen molar-refractivity contribution in [3.8, 4) is 0 Å². The van der Waals surface area contributed by atoms with Crippen LogP contribution in [0.1, 0.15) is 32.8 Å². The number of aryl methyl sites for hydroxylation is 1. The highest BCUT2D eigenvalue weighted by atomic mass is 16.4. The molecule has 0 unspecified atom stereocenters. The third-order valence-electron chi connectivity index (χ3n) is 3.66. The van der Waals surface area contributed by atoms with Gasteiger partial charge in [0.15, 0.2) is 0 Å². The van der Waals surface area contributed by atoms with Crippen molar-refractivity contribution in [1.29, 1.82) is 0 Å². The standard InChI is InChI=1S/C15H25N3O/c1-5-12-6-8-13(9-7-12)18(4)11-10-15(2,3)14(16)17-19/h6-9,19H,5,10-11H2,1-4H3,(H2,16,17). The van der Waals surface area contributed by atoms with Gasteiger partial charge < -0.3 is 15.8 Å². The average molecular weight is 263 g/mol. The minimum Gasteiger partial charge on any atom is -0.409 e. The fraction of sp³-hybridized carbons (Fsp3) is 0.533. The van der Waals surface area contributed by atoms with E-state index in [2.05, 4.69) is 48.3 Å². The Bertz CT molecular complexity index is 424. The number of anilines is 1. The fourth-order valence-electron chi connectivity index (χ4n) is 1.83. The molecule has 106 valence electrons. The molecule has 0 aliphatic heterocycles. The molecule has 0 aromatic heterocycles. The first kappa shape index (κ1) is 15.3. The summed E-state index contributed by atoms with van der Waals surface area (Å²) in [6, 6.07) is 8.58. The van der Waals surface area contributed by atoms with Gasteiger partial charge in [-0.25, -0.2) is 0 Å².